The van der Waals surface area contributed by atoms with Gasteiger partial charge in [0.15, 0.2) is 0 Å². The second-order valence-electron chi connectivity index (χ2n) is 5.91. The van der Waals surface area contributed by atoms with Crippen molar-refractivity contribution in [2.75, 3.05) is 0 Å². The minimum Gasteiger partial charge on any atom is -0.343 e. The highest BCUT2D eigenvalue weighted by atomic mass is 19.3. The summed E-state index contributed by atoms with van der Waals surface area (Å²) in [4.78, 5) is 16.4. The molecule has 0 spiro atoms. The smallest absolute Gasteiger partial charge is 0.248 e. The zero-order valence-corrected chi connectivity index (χ0v) is 11.2. The van der Waals surface area contributed by atoms with Gasteiger partial charge >= 0.3 is 0 Å². The molecule has 1 aromatic heterocycles. The number of alkyl halides is 2. The predicted octanol–water partition coefficient (Wildman–Crippen LogP) is 2.13. The molecular weight excluding hydrogens is 266 g/mol. The van der Waals surface area contributed by atoms with Crippen LogP contribution < -0.4 is 5.32 Å². The third-order valence-corrected chi connectivity index (χ3v) is 4.45. The summed E-state index contributed by atoms with van der Waals surface area (Å²) in [5.41, 5.74) is -0.527. The van der Waals surface area contributed by atoms with Gasteiger partial charge in [0.25, 0.3) is 0 Å². The summed E-state index contributed by atoms with van der Waals surface area (Å²) in [6, 6.07) is 0. The van der Waals surface area contributed by atoms with Crippen LogP contribution in [0.3, 0.4) is 0 Å². The number of aromatic amines is 1. The molecule has 0 aromatic carbocycles. The van der Waals surface area contributed by atoms with E-state index < -0.39 is 17.4 Å². The molecule has 2 saturated carbocycles. The summed E-state index contributed by atoms with van der Waals surface area (Å²) in [5, 5.41) is 9.52. The standard InChI is InChI=1S/C13H18F2N4O/c14-13(15)6-1-3-9(7-13)10(20)18-12(4-2-5-12)11-16-8-17-19-11/h8-9H,1-7H2,(H,18,20)(H,16,17,19). The van der Waals surface area contributed by atoms with Crippen LogP contribution in [0.1, 0.15) is 50.8 Å². The van der Waals surface area contributed by atoms with E-state index in [2.05, 4.69) is 20.5 Å². The highest BCUT2D eigenvalue weighted by Crippen LogP contribution is 2.41. The summed E-state index contributed by atoms with van der Waals surface area (Å²) in [7, 11) is 0. The molecule has 1 aromatic rings. The first-order valence-corrected chi connectivity index (χ1v) is 7.07. The van der Waals surface area contributed by atoms with Crippen molar-refractivity contribution in [2.24, 2.45) is 5.92 Å². The maximum absolute atomic E-state index is 13.4. The molecule has 2 N–H and O–H groups in total. The molecule has 0 aliphatic heterocycles. The molecule has 0 saturated heterocycles. The van der Waals surface area contributed by atoms with Crippen molar-refractivity contribution in [1.82, 2.24) is 20.5 Å². The average Bonchev–Trinajstić information content (AvgIpc) is 2.86. The zero-order valence-electron chi connectivity index (χ0n) is 11.2. The van der Waals surface area contributed by atoms with Crippen LogP contribution in [0.5, 0.6) is 0 Å². The van der Waals surface area contributed by atoms with Gasteiger partial charge < -0.3 is 5.32 Å². The fourth-order valence-corrected chi connectivity index (χ4v) is 3.12. The van der Waals surface area contributed by atoms with Crippen LogP contribution in [0, 0.1) is 5.92 Å². The average molecular weight is 284 g/mol. The lowest BCUT2D eigenvalue weighted by Crippen LogP contribution is -2.54. The molecule has 2 fully saturated rings. The number of amides is 1. The number of hydrogen-bond acceptors (Lipinski definition) is 3. The molecular formula is C13H18F2N4O. The van der Waals surface area contributed by atoms with Gasteiger partial charge in [0.1, 0.15) is 12.2 Å². The molecule has 0 radical (unpaired) electrons. The molecule has 1 unspecified atom stereocenters. The van der Waals surface area contributed by atoms with E-state index in [1.807, 2.05) is 0 Å². The number of carbonyl (C=O) groups is 1. The summed E-state index contributed by atoms with van der Waals surface area (Å²) in [5.74, 6) is -2.96. The first kappa shape index (κ1) is 13.5. The number of rotatable bonds is 3. The number of H-pyrrole nitrogens is 1. The van der Waals surface area contributed by atoms with Crippen LogP contribution >= 0.6 is 0 Å². The molecule has 0 bridgehead atoms. The van der Waals surface area contributed by atoms with E-state index in [1.54, 1.807) is 0 Å². The maximum Gasteiger partial charge on any atom is 0.248 e. The number of carbonyl (C=O) groups excluding carboxylic acids is 1. The summed E-state index contributed by atoms with van der Waals surface area (Å²) >= 11 is 0. The quantitative estimate of drug-likeness (QED) is 0.893. The van der Waals surface area contributed by atoms with Crippen molar-refractivity contribution in [3.05, 3.63) is 12.2 Å². The lowest BCUT2D eigenvalue weighted by molar-refractivity contribution is -0.135. The highest BCUT2D eigenvalue weighted by Gasteiger charge is 2.46. The monoisotopic (exact) mass is 284 g/mol. The molecule has 1 heterocycles. The Morgan fingerprint density at radius 1 is 1.35 bits per heavy atom. The van der Waals surface area contributed by atoms with Crippen LogP contribution in [0.4, 0.5) is 8.78 Å². The van der Waals surface area contributed by atoms with E-state index in [1.165, 1.54) is 6.33 Å². The Labute approximate surface area is 115 Å². The van der Waals surface area contributed by atoms with Crippen LogP contribution in [-0.2, 0) is 10.3 Å². The fraction of sp³-hybridized carbons (Fsp3) is 0.769. The minimum absolute atomic E-state index is 0.107. The Morgan fingerprint density at radius 2 is 2.15 bits per heavy atom. The summed E-state index contributed by atoms with van der Waals surface area (Å²) in [6.07, 6.45) is 4.43. The van der Waals surface area contributed by atoms with Gasteiger partial charge in [0.05, 0.1) is 5.54 Å². The van der Waals surface area contributed by atoms with E-state index in [0.29, 0.717) is 18.7 Å². The Balaban J connectivity index is 1.69. The van der Waals surface area contributed by atoms with Gasteiger partial charge in [-0.05, 0) is 32.1 Å². The molecule has 3 rings (SSSR count). The van der Waals surface area contributed by atoms with E-state index >= 15 is 0 Å². The summed E-state index contributed by atoms with van der Waals surface area (Å²) in [6.45, 7) is 0. The van der Waals surface area contributed by atoms with E-state index in [-0.39, 0.29) is 18.7 Å². The van der Waals surface area contributed by atoms with Gasteiger partial charge in [0, 0.05) is 18.8 Å². The van der Waals surface area contributed by atoms with Gasteiger partial charge in [-0.1, -0.05) is 0 Å². The molecule has 2 aliphatic rings. The van der Waals surface area contributed by atoms with Crippen molar-refractivity contribution in [3.63, 3.8) is 0 Å². The van der Waals surface area contributed by atoms with Crippen LogP contribution in [0.25, 0.3) is 0 Å². The van der Waals surface area contributed by atoms with Crippen molar-refractivity contribution >= 4 is 5.91 Å². The SMILES string of the molecule is O=C(NC1(c2ncn[nH]2)CCC1)C1CCCC(F)(F)C1. The number of aromatic nitrogens is 3. The predicted molar refractivity (Wildman–Crippen MR) is 67.0 cm³/mol. The molecule has 110 valence electrons. The fourth-order valence-electron chi connectivity index (χ4n) is 3.12. The van der Waals surface area contributed by atoms with Gasteiger partial charge in [-0.25, -0.2) is 13.8 Å². The first-order chi connectivity index (χ1) is 9.51. The van der Waals surface area contributed by atoms with Crippen LogP contribution in [-0.4, -0.2) is 27.0 Å². The van der Waals surface area contributed by atoms with Gasteiger partial charge in [0.2, 0.25) is 11.8 Å². The normalized spacial score (nSPS) is 27.6. The molecule has 1 atom stereocenters. The Bertz CT molecular complexity index is 485. The minimum atomic E-state index is -2.71. The molecule has 2 aliphatic carbocycles. The van der Waals surface area contributed by atoms with E-state index in [0.717, 1.165) is 19.3 Å². The van der Waals surface area contributed by atoms with Crippen molar-refractivity contribution in [2.45, 2.75) is 56.4 Å². The van der Waals surface area contributed by atoms with E-state index in [4.69, 9.17) is 0 Å². The first-order valence-electron chi connectivity index (χ1n) is 7.07. The zero-order chi connectivity index (χ0) is 14.2. The van der Waals surface area contributed by atoms with Crippen molar-refractivity contribution < 1.29 is 13.6 Å². The van der Waals surface area contributed by atoms with E-state index in [9.17, 15) is 13.6 Å². The number of nitrogens with one attached hydrogen (secondary N) is 2. The van der Waals surface area contributed by atoms with Crippen molar-refractivity contribution in [1.29, 1.82) is 0 Å². The lowest BCUT2D eigenvalue weighted by atomic mass is 9.75. The number of halogens is 2. The van der Waals surface area contributed by atoms with Gasteiger partial charge in [-0.3, -0.25) is 9.89 Å². The maximum atomic E-state index is 13.4. The topological polar surface area (TPSA) is 70.7 Å². The molecule has 7 heteroatoms. The summed E-state index contributed by atoms with van der Waals surface area (Å²) < 4.78 is 26.8. The van der Waals surface area contributed by atoms with Crippen LogP contribution in [0.2, 0.25) is 0 Å². The third-order valence-electron chi connectivity index (χ3n) is 4.45. The lowest BCUT2D eigenvalue weighted by Gasteiger charge is -2.42. The number of hydrogen-bond donors (Lipinski definition) is 2. The van der Waals surface area contributed by atoms with Crippen molar-refractivity contribution in [3.8, 4) is 0 Å². The highest BCUT2D eigenvalue weighted by molar-refractivity contribution is 5.79. The largest absolute Gasteiger partial charge is 0.343 e. The van der Waals surface area contributed by atoms with Gasteiger partial charge in [-0.2, -0.15) is 5.10 Å². The Hall–Kier alpha value is -1.53. The second kappa shape index (κ2) is 4.79. The Kier molecular flexibility index (Phi) is 3.22. The molecule has 1 amide bonds. The van der Waals surface area contributed by atoms with Crippen LogP contribution in [0.15, 0.2) is 6.33 Å². The third kappa shape index (κ3) is 2.41. The molecule has 5 nitrogen and oxygen atoms in total. The Morgan fingerprint density at radius 3 is 2.70 bits per heavy atom. The van der Waals surface area contributed by atoms with Gasteiger partial charge in [-0.15, -0.1) is 0 Å². The number of nitrogens with zero attached hydrogens (tertiary/aromatic N) is 2. The second-order valence-corrected chi connectivity index (χ2v) is 5.91. The molecule has 20 heavy (non-hydrogen) atoms.